The lowest BCUT2D eigenvalue weighted by molar-refractivity contribution is 0.373. The molecule has 0 saturated carbocycles. The maximum absolute atomic E-state index is 9.60. The third kappa shape index (κ3) is 3.55. The van der Waals surface area contributed by atoms with Crippen LogP contribution in [0, 0.1) is 0 Å². The Morgan fingerprint density at radius 3 is 2.58 bits per heavy atom. The van der Waals surface area contributed by atoms with E-state index in [1.165, 1.54) is 18.4 Å². The molecule has 3 rings (SSSR count). The number of aliphatic imine (C=N–C) groups is 1. The van der Waals surface area contributed by atoms with E-state index in [2.05, 4.69) is 9.98 Å². The topological polar surface area (TPSA) is 63.9 Å². The zero-order chi connectivity index (χ0) is 16.9. The molecule has 2 aromatic carbocycles. The first-order chi connectivity index (χ1) is 11.7. The molecule has 1 aromatic heterocycles. The number of phenolic OH excluding ortho intramolecular Hbond substituents is 1. The Morgan fingerprint density at radius 2 is 1.88 bits per heavy atom. The van der Waals surface area contributed by atoms with Crippen molar-refractivity contribution in [1.29, 1.82) is 0 Å². The number of methoxy groups -OCH3 is 2. The molecule has 0 atom stereocenters. The molecule has 0 amide bonds. The van der Waals surface area contributed by atoms with E-state index >= 15 is 0 Å². The quantitative estimate of drug-likeness (QED) is 0.704. The smallest absolute Gasteiger partial charge is 0.209 e. The van der Waals surface area contributed by atoms with Gasteiger partial charge in [0.1, 0.15) is 5.75 Å². The fourth-order valence-corrected chi connectivity index (χ4v) is 2.79. The van der Waals surface area contributed by atoms with Crippen molar-refractivity contribution in [3.05, 3.63) is 53.4 Å². The average Bonchev–Trinajstić information content (AvgIpc) is 3.10. The maximum atomic E-state index is 9.60. The predicted molar refractivity (Wildman–Crippen MR) is 96.0 cm³/mol. The Hall–Kier alpha value is -2.86. The second-order valence-corrected chi connectivity index (χ2v) is 5.77. The van der Waals surface area contributed by atoms with E-state index in [1.807, 2.05) is 29.6 Å². The molecule has 122 valence electrons. The summed E-state index contributed by atoms with van der Waals surface area (Å²) in [5.74, 6) is 1.33. The lowest BCUT2D eigenvalue weighted by Crippen LogP contribution is -1.86. The molecule has 5 nitrogen and oxygen atoms in total. The number of thiazole rings is 1. The zero-order valence-corrected chi connectivity index (χ0v) is 14.1. The first-order valence-electron chi connectivity index (χ1n) is 7.20. The van der Waals surface area contributed by atoms with Gasteiger partial charge in [-0.2, -0.15) is 0 Å². The first kappa shape index (κ1) is 16.0. The van der Waals surface area contributed by atoms with Gasteiger partial charge in [0, 0.05) is 17.2 Å². The number of rotatable bonds is 5. The van der Waals surface area contributed by atoms with E-state index in [0.29, 0.717) is 10.9 Å². The molecule has 0 fully saturated rings. The van der Waals surface area contributed by atoms with Gasteiger partial charge < -0.3 is 14.6 Å². The van der Waals surface area contributed by atoms with Crippen LogP contribution in [-0.4, -0.2) is 30.5 Å². The highest BCUT2D eigenvalue weighted by molar-refractivity contribution is 7.13. The fourth-order valence-electron chi connectivity index (χ4n) is 2.12. The minimum absolute atomic E-state index is 0.102. The van der Waals surface area contributed by atoms with Crippen LogP contribution in [0.1, 0.15) is 5.56 Å². The molecule has 0 aliphatic rings. The van der Waals surface area contributed by atoms with Gasteiger partial charge in [-0.3, -0.25) is 0 Å². The molecule has 0 saturated heterocycles. The number of phenols is 1. The normalized spacial score (nSPS) is 10.9. The van der Waals surface area contributed by atoms with Gasteiger partial charge in [0.15, 0.2) is 11.5 Å². The van der Waals surface area contributed by atoms with Gasteiger partial charge in [-0.25, -0.2) is 9.98 Å². The Bertz CT molecular complexity index is 857. The Labute approximate surface area is 143 Å². The van der Waals surface area contributed by atoms with Crippen LogP contribution >= 0.6 is 11.3 Å². The molecule has 24 heavy (non-hydrogen) atoms. The Morgan fingerprint density at radius 1 is 1.08 bits per heavy atom. The van der Waals surface area contributed by atoms with E-state index in [4.69, 9.17) is 9.47 Å². The molecule has 0 aliphatic heterocycles. The largest absolute Gasteiger partial charge is 0.504 e. The minimum atomic E-state index is 0.102. The van der Waals surface area contributed by atoms with Crippen LogP contribution < -0.4 is 9.47 Å². The van der Waals surface area contributed by atoms with Crippen LogP contribution in [0.5, 0.6) is 17.2 Å². The monoisotopic (exact) mass is 340 g/mol. The van der Waals surface area contributed by atoms with Gasteiger partial charge in [-0.15, -0.1) is 11.3 Å². The second kappa shape index (κ2) is 7.14. The summed E-state index contributed by atoms with van der Waals surface area (Å²) in [4.78, 5) is 8.89. The third-order valence-corrected chi connectivity index (χ3v) is 4.15. The summed E-state index contributed by atoms with van der Waals surface area (Å²) in [5.41, 5.74) is 2.71. The van der Waals surface area contributed by atoms with E-state index in [-0.39, 0.29) is 5.75 Å². The van der Waals surface area contributed by atoms with Crippen molar-refractivity contribution < 1.29 is 14.6 Å². The molecule has 0 bridgehead atoms. The van der Waals surface area contributed by atoms with E-state index in [1.54, 1.807) is 31.5 Å². The lowest BCUT2D eigenvalue weighted by atomic mass is 10.2. The molecule has 1 heterocycles. The lowest BCUT2D eigenvalue weighted by Gasteiger charge is -2.02. The summed E-state index contributed by atoms with van der Waals surface area (Å²) in [6, 6.07) is 12.8. The standard InChI is InChI=1S/C18H16N2O3S/c1-22-14-6-4-13(5-7-14)15-11-24-18(20-15)19-10-12-3-8-16(21)17(9-12)23-2/h3-11,21H,1-2H3/b19-10+. The molecule has 0 unspecified atom stereocenters. The van der Waals surface area contributed by atoms with Crippen molar-refractivity contribution in [2.75, 3.05) is 14.2 Å². The number of benzene rings is 2. The van der Waals surface area contributed by atoms with E-state index < -0.39 is 0 Å². The van der Waals surface area contributed by atoms with Crippen molar-refractivity contribution in [2.45, 2.75) is 0 Å². The number of aromatic hydroxyl groups is 1. The van der Waals surface area contributed by atoms with Crippen molar-refractivity contribution in [3.63, 3.8) is 0 Å². The number of ether oxygens (including phenoxy) is 2. The number of aromatic nitrogens is 1. The summed E-state index contributed by atoms with van der Waals surface area (Å²) >= 11 is 1.47. The summed E-state index contributed by atoms with van der Waals surface area (Å²) in [7, 11) is 3.15. The third-order valence-electron chi connectivity index (χ3n) is 3.41. The van der Waals surface area contributed by atoms with Crippen LogP contribution in [0.4, 0.5) is 5.13 Å². The number of nitrogens with zero attached hydrogens (tertiary/aromatic N) is 2. The number of hydrogen-bond donors (Lipinski definition) is 1. The molecule has 0 spiro atoms. The molecule has 0 aliphatic carbocycles. The summed E-state index contributed by atoms with van der Waals surface area (Å²) in [6.45, 7) is 0. The van der Waals surface area contributed by atoms with Crippen molar-refractivity contribution in [2.24, 2.45) is 4.99 Å². The molecule has 3 aromatic rings. The minimum Gasteiger partial charge on any atom is -0.504 e. The van der Waals surface area contributed by atoms with Gasteiger partial charge in [-0.1, -0.05) is 0 Å². The Kier molecular flexibility index (Phi) is 4.77. The average molecular weight is 340 g/mol. The summed E-state index contributed by atoms with van der Waals surface area (Å²) < 4.78 is 10.2. The van der Waals surface area contributed by atoms with Gasteiger partial charge in [0.2, 0.25) is 5.13 Å². The molecular formula is C18H16N2O3S. The molecule has 0 radical (unpaired) electrons. The zero-order valence-electron chi connectivity index (χ0n) is 13.3. The van der Waals surface area contributed by atoms with Crippen LogP contribution in [0.3, 0.4) is 0 Å². The highest BCUT2D eigenvalue weighted by Gasteiger charge is 2.05. The van der Waals surface area contributed by atoms with Crippen LogP contribution in [0.2, 0.25) is 0 Å². The number of hydrogen-bond acceptors (Lipinski definition) is 6. The molecular weight excluding hydrogens is 324 g/mol. The first-order valence-corrected chi connectivity index (χ1v) is 8.08. The Balaban J connectivity index is 1.78. The maximum Gasteiger partial charge on any atom is 0.209 e. The highest BCUT2D eigenvalue weighted by atomic mass is 32.1. The summed E-state index contributed by atoms with van der Waals surface area (Å²) in [6.07, 6.45) is 1.69. The second-order valence-electron chi connectivity index (χ2n) is 4.93. The van der Waals surface area contributed by atoms with Gasteiger partial charge in [0.25, 0.3) is 0 Å². The van der Waals surface area contributed by atoms with Crippen molar-refractivity contribution in [3.8, 4) is 28.5 Å². The van der Waals surface area contributed by atoms with Gasteiger partial charge in [0.05, 0.1) is 19.9 Å². The van der Waals surface area contributed by atoms with Crippen molar-refractivity contribution in [1.82, 2.24) is 4.98 Å². The summed E-state index contributed by atoms with van der Waals surface area (Å²) in [5, 5.41) is 12.2. The van der Waals surface area contributed by atoms with E-state index in [9.17, 15) is 5.11 Å². The predicted octanol–water partition coefficient (Wildman–Crippen LogP) is 4.28. The van der Waals surface area contributed by atoms with Crippen molar-refractivity contribution >= 4 is 22.7 Å². The van der Waals surface area contributed by atoms with E-state index in [0.717, 1.165) is 22.6 Å². The van der Waals surface area contributed by atoms with Crippen LogP contribution in [0.15, 0.2) is 52.8 Å². The fraction of sp³-hybridized carbons (Fsp3) is 0.111. The van der Waals surface area contributed by atoms with Crippen LogP contribution in [-0.2, 0) is 0 Å². The highest BCUT2D eigenvalue weighted by Crippen LogP contribution is 2.29. The van der Waals surface area contributed by atoms with Gasteiger partial charge in [-0.05, 0) is 48.0 Å². The molecule has 6 heteroatoms. The van der Waals surface area contributed by atoms with Gasteiger partial charge >= 0.3 is 0 Å². The molecule has 1 N–H and O–H groups in total. The SMILES string of the molecule is COc1ccc(-c2csc(/N=C/c3ccc(O)c(OC)c3)n2)cc1. The van der Waals surface area contributed by atoms with Crippen LogP contribution in [0.25, 0.3) is 11.3 Å².